The molecule has 0 aliphatic rings. The Bertz CT molecular complexity index is 289. The van der Waals surface area contributed by atoms with Crippen LogP contribution in [0.4, 0.5) is 5.95 Å². The van der Waals surface area contributed by atoms with Crippen molar-refractivity contribution >= 4 is 28.5 Å². The van der Waals surface area contributed by atoms with E-state index in [0.29, 0.717) is 12.6 Å². The van der Waals surface area contributed by atoms with E-state index < -0.39 is 0 Å². The summed E-state index contributed by atoms with van der Waals surface area (Å²) in [5.74, 6) is 0.641. The summed E-state index contributed by atoms with van der Waals surface area (Å²) in [6, 6.07) is 0. The van der Waals surface area contributed by atoms with Crippen molar-refractivity contribution in [3.05, 3.63) is 28.6 Å². The summed E-state index contributed by atoms with van der Waals surface area (Å²) in [5, 5.41) is 3.07. The van der Waals surface area contributed by atoms with Crippen LogP contribution in [0.15, 0.2) is 25.0 Å². The Morgan fingerprint density at radius 1 is 1.40 bits per heavy atom. The van der Waals surface area contributed by atoms with Crippen LogP contribution in [-0.2, 0) is 4.74 Å². The van der Waals surface area contributed by atoms with Gasteiger partial charge in [-0.1, -0.05) is 6.08 Å². The van der Waals surface area contributed by atoms with Gasteiger partial charge in [0, 0.05) is 22.5 Å². The van der Waals surface area contributed by atoms with Crippen LogP contribution in [0.2, 0.25) is 0 Å². The molecule has 0 atom stereocenters. The van der Waals surface area contributed by atoms with Crippen molar-refractivity contribution in [2.45, 2.75) is 6.42 Å². The van der Waals surface area contributed by atoms with Gasteiger partial charge in [0.05, 0.1) is 13.2 Å². The minimum Gasteiger partial charge on any atom is -0.379 e. The molecule has 82 valence electrons. The van der Waals surface area contributed by atoms with E-state index in [-0.39, 0.29) is 0 Å². The van der Waals surface area contributed by atoms with Crippen molar-refractivity contribution < 1.29 is 4.74 Å². The number of hydrogen-bond donors (Lipinski definition) is 1. The van der Waals surface area contributed by atoms with Crippen LogP contribution in [0.25, 0.3) is 0 Å². The fourth-order valence-corrected chi connectivity index (χ4v) is 1.19. The summed E-state index contributed by atoms with van der Waals surface area (Å²) < 4.78 is 6.36. The average Bonchev–Trinajstić information content (AvgIpc) is 2.26. The van der Waals surface area contributed by atoms with E-state index in [2.05, 4.69) is 44.5 Å². The van der Waals surface area contributed by atoms with Gasteiger partial charge in [-0.3, -0.25) is 0 Å². The Labute approximate surface area is 103 Å². The molecular formula is C10H14IN3O. The molecule has 0 saturated carbocycles. The van der Waals surface area contributed by atoms with Gasteiger partial charge in [-0.05, 0) is 29.0 Å². The maximum absolute atomic E-state index is 5.33. The zero-order chi connectivity index (χ0) is 10.9. The van der Waals surface area contributed by atoms with E-state index in [1.165, 1.54) is 0 Å². The lowest BCUT2D eigenvalue weighted by Crippen LogP contribution is -2.11. The minimum absolute atomic E-state index is 0.641. The summed E-state index contributed by atoms with van der Waals surface area (Å²) in [6.45, 7) is 5.71. The fraction of sp³-hybridized carbons (Fsp3) is 0.400. The van der Waals surface area contributed by atoms with Gasteiger partial charge in [-0.2, -0.15) is 0 Å². The summed E-state index contributed by atoms with van der Waals surface area (Å²) in [4.78, 5) is 8.22. The molecule has 0 radical (unpaired) electrons. The Kier molecular flexibility index (Phi) is 6.26. The van der Waals surface area contributed by atoms with Crippen LogP contribution >= 0.6 is 22.6 Å². The number of halogens is 1. The maximum Gasteiger partial charge on any atom is 0.222 e. The van der Waals surface area contributed by atoms with Crippen molar-refractivity contribution in [3.63, 3.8) is 0 Å². The number of nitrogens with one attached hydrogen (secondary N) is 1. The van der Waals surface area contributed by atoms with E-state index in [0.717, 1.165) is 23.1 Å². The summed E-state index contributed by atoms with van der Waals surface area (Å²) in [5.41, 5.74) is 0. The highest BCUT2D eigenvalue weighted by molar-refractivity contribution is 14.1. The van der Waals surface area contributed by atoms with Gasteiger partial charge < -0.3 is 10.1 Å². The van der Waals surface area contributed by atoms with E-state index in [4.69, 9.17) is 4.74 Å². The first kappa shape index (κ1) is 12.4. The van der Waals surface area contributed by atoms with Crippen LogP contribution in [-0.4, -0.2) is 29.7 Å². The van der Waals surface area contributed by atoms with E-state index >= 15 is 0 Å². The molecule has 0 aliphatic heterocycles. The van der Waals surface area contributed by atoms with Gasteiger partial charge in [-0.15, -0.1) is 6.58 Å². The van der Waals surface area contributed by atoms with Gasteiger partial charge in [-0.25, -0.2) is 9.97 Å². The third-order valence-electron chi connectivity index (χ3n) is 1.62. The smallest absolute Gasteiger partial charge is 0.222 e. The minimum atomic E-state index is 0.641. The molecule has 1 aromatic heterocycles. The monoisotopic (exact) mass is 319 g/mol. The number of ether oxygens (including phenoxy) is 1. The predicted molar refractivity (Wildman–Crippen MR) is 68.9 cm³/mol. The van der Waals surface area contributed by atoms with Crippen LogP contribution < -0.4 is 5.32 Å². The molecule has 1 heterocycles. The normalized spacial score (nSPS) is 9.93. The molecule has 1 rings (SSSR count). The summed E-state index contributed by atoms with van der Waals surface area (Å²) in [6.07, 6.45) is 6.28. The van der Waals surface area contributed by atoms with Crippen LogP contribution in [0.5, 0.6) is 0 Å². The zero-order valence-corrected chi connectivity index (χ0v) is 10.6. The highest BCUT2D eigenvalue weighted by Gasteiger charge is 1.94. The Morgan fingerprint density at radius 2 is 2.13 bits per heavy atom. The molecule has 0 aliphatic carbocycles. The molecule has 0 spiro atoms. The Balaban J connectivity index is 2.09. The molecule has 5 heteroatoms. The highest BCUT2D eigenvalue weighted by Crippen LogP contribution is 2.02. The number of anilines is 1. The second-order valence-corrected chi connectivity index (χ2v) is 4.09. The van der Waals surface area contributed by atoms with Crippen molar-refractivity contribution in [3.8, 4) is 0 Å². The van der Waals surface area contributed by atoms with Crippen LogP contribution in [0.1, 0.15) is 6.42 Å². The van der Waals surface area contributed by atoms with Gasteiger partial charge in [0.1, 0.15) is 0 Å². The lowest BCUT2D eigenvalue weighted by Gasteiger charge is -2.04. The highest BCUT2D eigenvalue weighted by atomic mass is 127. The molecule has 1 aromatic rings. The third-order valence-corrected chi connectivity index (χ3v) is 2.17. The van der Waals surface area contributed by atoms with Crippen LogP contribution in [0, 0.1) is 3.57 Å². The van der Waals surface area contributed by atoms with Gasteiger partial charge in [0.15, 0.2) is 0 Å². The molecule has 0 fully saturated rings. The second-order valence-electron chi connectivity index (χ2n) is 2.84. The largest absolute Gasteiger partial charge is 0.379 e. The number of rotatable bonds is 7. The average molecular weight is 319 g/mol. The SMILES string of the molecule is C=CCCOCCNc1ncc(I)cn1. The zero-order valence-electron chi connectivity index (χ0n) is 8.45. The fourth-order valence-electron chi connectivity index (χ4n) is 0.907. The second kappa shape index (κ2) is 7.58. The first-order valence-corrected chi connectivity index (χ1v) is 5.81. The molecule has 1 N–H and O–H groups in total. The maximum atomic E-state index is 5.33. The van der Waals surface area contributed by atoms with Crippen LogP contribution in [0.3, 0.4) is 0 Å². The lowest BCUT2D eigenvalue weighted by atomic mass is 10.4. The van der Waals surface area contributed by atoms with Crippen molar-refractivity contribution in [2.75, 3.05) is 25.1 Å². The molecule has 0 bridgehead atoms. The summed E-state index contributed by atoms with van der Waals surface area (Å²) in [7, 11) is 0. The molecule has 0 saturated heterocycles. The first-order chi connectivity index (χ1) is 7.33. The molecule has 0 aromatic carbocycles. The van der Waals surface area contributed by atoms with Crippen molar-refractivity contribution in [1.82, 2.24) is 9.97 Å². The summed E-state index contributed by atoms with van der Waals surface area (Å²) >= 11 is 2.17. The Morgan fingerprint density at radius 3 is 2.80 bits per heavy atom. The van der Waals surface area contributed by atoms with E-state index in [9.17, 15) is 0 Å². The quantitative estimate of drug-likeness (QED) is 0.475. The van der Waals surface area contributed by atoms with Crippen molar-refractivity contribution in [1.29, 1.82) is 0 Å². The van der Waals surface area contributed by atoms with E-state index in [1.54, 1.807) is 12.4 Å². The van der Waals surface area contributed by atoms with Gasteiger partial charge in [0.25, 0.3) is 0 Å². The van der Waals surface area contributed by atoms with Gasteiger partial charge >= 0.3 is 0 Å². The molecule has 0 unspecified atom stereocenters. The van der Waals surface area contributed by atoms with Gasteiger partial charge in [0.2, 0.25) is 5.95 Å². The number of hydrogen-bond acceptors (Lipinski definition) is 4. The lowest BCUT2D eigenvalue weighted by molar-refractivity contribution is 0.149. The first-order valence-electron chi connectivity index (χ1n) is 4.73. The standard InChI is InChI=1S/C10H14IN3O/c1-2-3-5-15-6-4-12-10-13-7-9(11)8-14-10/h2,7-8H,1,3-6H2,(H,12,13,14). The number of nitrogens with zero attached hydrogens (tertiary/aromatic N) is 2. The number of aromatic nitrogens is 2. The Hall–Kier alpha value is -0.690. The van der Waals surface area contributed by atoms with Crippen molar-refractivity contribution in [2.24, 2.45) is 0 Å². The molecule has 4 nitrogen and oxygen atoms in total. The third kappa shape index (κ3) is 5.68. The molecule has 0 amide bonds. The molecular weight excluding hydrogens is 305 g/mol. The molecule has 15 heavy (non-hydrogen) atoms. The predicted octanol–water partition coefficient (Wildman–Crippen LogP) is 2.09. The van der Waals surface area contributed by atoms with E-state index in [1.807, 2.05) is 6.08 Å². The topological polar surface area (TPSA) is 47.0 Å².